The second-order valence-electron chi connectivity index (χ2n) is 5.27. The summed E-state index contributed by atoms with van der Waals surface area (Å²) < 4.78 is 0. The summed E-state index contributed by atoms with van der Waals surface area (Å²) in [6.07, 6.45) is 10.1. The van der Waals surface area contributed by atoms with Gasteiger partial charge < -0.3 is 0 Å². The zero-order valence-corrected chi connectivity index (χ0v) is 11.1. The molecule has 0 heterocycles. The van der Waals surface area contributed by atoms with Crippen LogP contribution in [0.1, 0.15) is 53.9 Å². The van der Waals surface area contributed by atoms with Crippen LogP contribution < -0.4 is 0 Å². The van der Waals surface area contributed by atoms with Crippen molar-refractivity contribution in [2.24, 2.45) is 5.41 Å². The molecule has 15 heavy (non-hydrogen) atoms. The summed E-state index contributed by atoms with van der Waals surface area (Å²) in [7, 11) is 0. The smallest absolute Gasteiger partial charge is 0.0143 e. The average Bonchev–Trinajstić information content (AvgIpc) is 2.14. The van der Waals surface area contributed by atoms with Crippen molar-refractivity contribution >= 4 is 0 Å². The van der Waals surface area contributed by atoms with Crippen molar-refractivity contribution in [2.75, 3.05) is 0 Å². The number of rotatable bonds is 6. The van der Waals surface area contributed by atoms with Crippen molar-refractivity contribution in [1.82, 2.24) is 0 Å². The number of allylic oxidation sites excluding steroid dienone is 5. The van der Waals surface area contributed by atoms with Crippen LogP contribution in [0.15, 0.2) is 36.0 Å². The van der Waals surface area contributed by atoms with E-state index < -0.39 is 0 Å². The summed E-state index contributed by atoms with van der Waals surface area (Å²) in [4.78, 5) is 0. The highest BCUT2D eigenvalue weighted by Crippen LogP contribution is 2.23. The Balaban J connectivity index is 4.00. The SMILES string of the molecule is C=CC(C)(C)C/C=C(\C)CCC=C(C)C. The van der Waals surface area contributed by atoms with Gasteiger partial charge >= 0.3 is 0 Å². The van der Waals surface area contributed by atoms with Crippen LogP contribution in [0, 0.1) is 5.41 Å². The largest absolute Gasteiger partial charge is 0.103 e. The van der Waals surface area contributed by atoms with E-state index in [1.54, 1.807) is 0 Å². The van der Waals surface area contributed by atoms with Crippen LogP contribution in [0.5, 0.6) is 0 Å². The first-order valence-corrected chi connectivity index (χ1v) is 5.80. The average molecular weight is 206 g/mol. The van der Waals surface area contributed by atoms with E-state index in [-0.39, 0.29) is 5.41 Å². The molecule has 0 aliphatic carbocycles. The normalized spacial score (nSPS) is 12.5. The molecule has 0 aromatic heterocycles. The number of hydrogen-bond donors (Lipinski definition) is 0. The van der Waals surface area contributed by atoms with Crippen molar-refractivity contribution in [3.8, 4) is 0 Å². The van der Waals surface area contributed by atoms with Gasteiger partial charge in [-0.2, -0.15) is 0 Å². The van der Waals surface area contributed by atoms with Gasteiger partial charge in [-0.25, -0.2) is 0 Å². The molecule has 0 aromatic rings. The van der Waals surface area contributed by atoms with E-state index in [4.69, 9.17) is 0 Å². The summed E-state index contributed by atoms with van der Waals surface area (Å²) in [5.74, 6) is 0. The van der Waals surface area contributed by atoms with Crippen LogP contribution in [-0.4, -0.2) is 0 Å². The van der Waals surface area contributed by atoms with Gasteiger partial charge in [0, 0.05) is 0 Å². The molecule has 0 aliphatic heterocycles. The van der Waals surface area contributed by atoms with Gasteiger partial charge in [-0.05, 0) is 45.4 Å². The molecule has 0 aliphatic rings. The molecule has 0 radical (unpaired) electrons. The first-order chi connectivity index (χ1) is 6.87. The highest BCUT2D eigenvalue weighted by atomic mass is 14.1. The third kappa shape index (κ3) is 8.23. The van der Waals surface area contributed by atoms with Gasteiger partial charge in [0.15, 0.2) is 0 Å². The minimum atomic E-state index is 0.234. The minimum absolute atomic E-state index is 0.234. The van der Waals surface area contributed by atoms with E-state index in [0.29, 0.717) is 0 Å². The third-order valence-electron chi connectivity index (χ3n) is 2.62. The summed E-state index contributed by atoms with van der Waals surface area (Å²) >= 11 is 0. The zero-order valence-electron chi connectivity index (χ0n) is 11.1. The third-order valence-corrected chi connectivity index (χ3v) is 2.62. The van der Waals surface area contributed by atoms with E-state index in [2.05, 4.69) is 53.3 Å². The Morgan fingerprint density at radius 1 is 1.13 bits per heavy atom. The fourth-order valence-corrected chi connectivity index (χ4v) is 1.21. The second kappa shape index (κ2) is 6.66. The van der Waals surface area contributed by atoms with Gasteiger partial charge in [0.25, 0.3) is 0 Å². The van der Waals surface area contributed by atoms with Crippen molar-refractivity contribution in [1.29, 1.82) is 0 Å². The highest BCUT2D eigenvalue weighted by molar-refractivity contribution is 5.05. The summed E-state index contributed by atoms with van der Waals surface area (Å²) in [6.45, 7) is 14.8. The van der Waals surface area contributed by atoms with Crippen LogP contribution in [0.4, 0.5) is 0 Å². The molecule has 0 N–H and O–H groups in total. The standard InChI is InChI=1S/C15H26/c1-7-15(5,6)12-11-14(4)10-8-9-13(2)3/h7,9,11H,1,8,10,12H2,2-6H3/b14-11+. The van der Waals surface area contributed by atoms with Crippen molar-refractivity contribution in [3.63, 3.8) is 0 Å². The Morgan fingerprint density at radius 3 is 2.20 bits per heavy atom. The van der Waals surface area contributed by atoms with Crippen LogP contribution in [0.3, 0.4) is 0 Å². The Bertz CT molecular complexity index is 247. The molecule has 0 rings (SSSR count). The molecule has 0 unspecified atom stereocenters. The molecule has 0 heteroatoms. The topological polar surface area (TPSA) is 0 Å². The van der Waals surface area contributed by atoms with E-state index in [0.717, 1.165) is 6.42 Å². The van der Waals surface area contributed by atoms with E-state index in [1.165, 1.54) is 24.0 Å². The molecule has 0 amide bonds. The lowest BCUT2D eigenvalue weighted by Gasteiger charge is -2.17. The van der Waals surface area contributed by atoms with Crippen LogP contribution in [-0.2, 0) is 0 Å². The molecule has 86 valence electrons. The lowest BCUT2D eigenvalue weighted by molar-refractivity contribution is 0.488. The maximum absolute atomic E-state index is 3.86. The van der Waals surface area contributed by atoms with E-state index >= 15 is 0 Å². The molecule has 0 aromatic carbocycles. The van der Waals surface area contributed by atoms with Gasteiger partial charge in [0.1, 0.15) is 0 Å². The van der Waals surface area contributed by atoms with Crippen LogP contribution in [0.25, 0.3) is 0 Å². The van der Waals surface area contributed by atoms with Gasteiger partial charge in [0.05, 0.1) is 0 Å². The highest BCUT2D eigenvalue weighted by Gasteiger charge is 2.09. The lowest BCUT2D eigenvalue weighted by Crippen LogP contribution is -2.04. The first kappa shape index (κ1) is 14.2. The maximum Gasteiger partial charge on any atom is -0.0143 e. The van der Waals surface area contributed by atoms with E-state index in [9.17, 15) is 0 Å². The minimum Gasteiger partial charge on any atom is -0.103 e. The Kier molecular flexibility index (Phi) is 6.31. The Morgan fingerprint density at radius 2 is 1.73 bits per heavy atom. The monoisotopic (exact) mass is 206 g/mol. The summed E-state index contributed by atoms with van der Waals surface area (Å²) in [6, 6.07) is 0. The fraction of sp³-hybridized carbons (Fsp3) is 0.600. The molecule has 0 nitrogen and oxygen atoms in total. The molecule has 0 fully saturated rings. The summed E-state index contributed by atoms with van der Waals surface area (Å²) in [5.41, 5.74) is 3.13. The zero-order chi connectivity index (χ0) is 11.9. The summed E-state index contributed by atoms with van der Waals surface area (Å²) in [5, 5.41) is 0. The molecule has 0 saturated heterocycles. The van der Waals surface area contributed by atoms with Crippen molar-refractivity contribution in [2.45, 2.75) is 53.9 Å². The Hall–Kier alpha value is -0.780. The fourth-order valence-electron chi connectivity index (χ4n) is 1.21. The van der Waals surface area contributed by atoms with E-state index in [1.807, 2.05) is 6.08 Å². The second-order valence-corrected chi connectivity index (χ2v) is 5.27. The van der Waals surface area contributed by atoms with Crippen LogP contribution >= 0.6 is 0 Å². The molecular formula is C15H26. The van der Waals surface area contributed by atoms with Gasteiger partial charge in [0.2, 0.25) is 0 Å². The predicted molar refractivity (Wildman–Crippen MR) is 71.0 cm³/mol. The molecule has 0 saturated carbocycles. The quantitative estimate of drug-likeness (QED) is 0.518. The van der Waals surface area contributed by atoms with Crippen LogP contribution in [0.2, 0.25) is 0 Å². The molecule has 0 spiro atoms. The Labute approximate surface area is 95.8 Å². The van der Waals surface area contributed by atoms with Gasteiger partial charge in [-0.15, -0.1) is 6.58 Å². The predicted octanol–water partition coefficient (Wildman–Crippen LogP) is 5.28. The molecule has 0 bridgehead atoms. The van der Waals surface area contributed by atoms with Crippen molar-refractivity contribution < 1.29 is 0 Å². The van der Waals surface area contributed by atoms with Crippen molar-refractivity contribution in [3.05, 3.63) is 36.0 Å². The van der Waals surface area contributed by atoms with Gasteiger partial charge in [-0.1, -0.05) is 43.2 Å². The lowest BCUT2D eigenvalue weighted by atomic mass is 9.88. The molecule has 0 atom stereocenters. The molecular weight excluding hydrogens is 180 g/mol. The first-order valence-electron chi connectivity index (χ1n) is 5.80. The van der Waals surface area contributed by atoms with Gasteiger partial charge in [-0.3, -0.25) is 0 Å². The number of hydrogen-bond acceptors (Lipinski definition) is 0. The maximum atomic E-state index is 3.86.